The van der Waals surface area contributed by atoms with Gasteiger partial charge in [0.25, 0.3) is 0 Å². The third-order valence-electron chi connectivity index (χ3n) is 6.16. The van der Waals surface area contributed by atoms with E-state index in [4.69, 9.17) is 0 Å². The second-order valence-electron chi connectivity index (χ2n) is 8.37. The lowest BCUT2D eigenvalue weighted by molar-refractivity contribution is -0.136. The largest absolute Gasteiger partial charge is 0.342 e. The van der Waals surface area contributed by atoms with Gasteiger partial charge in [-0.2, -0.15) is 0 Å². The molecule has 0 saturated carbocycles. The molecule has 1 aromatic rings. The topological polar surface area (TPSA) is 23.6 Å². The van der Waals surface area contributed by atoms with E-state index in [1.165, 1.54) is 37.1 Å². The lowest BCUT2D eigenvalue weighted by atomic mass is 9.94. The Kier molecular flexibility index (Phi) is 6.16. The average Bonchev–Trinajstić information content (AvgIpc) is 2.62. The van der Waals surface area contributed by atoms with Crippen molar-refractivity contribution in [3.05, 3.63) is 35.4 Å². The maximum atomic E-state index is 12.8. The SMILES string of the molecule is Cc1cccc(C[C@@H](C)C(=O)N2CCC(N3CCC(C)CC3)CC2)c1. The number of carbonyl (C=O) groups is 1. The number of hydrogen-bond donors (Lipinski definition) is 0. The first-order chi connectivity index (χ1) is 12.0. The molecule has 3 nitrogen and oxygen atoms in total. The monoisotopic (exact) mass is 342 g/mol. The number of amides is 1. The Morgan fingerprint density at radius 2 is 1.80 bits per heavy atom. The van der Waals surface area contributed by atoms with Crippen LogP contribution in [0.25, 0.3) is 0 Å². The van der Waals surface area contributed by atoms with Gasteiger partial charge < -0.3 is 9.80 Å². The van der Waals surface area contributed by atoms with Crippen molar-refractivity contribution in [1.82, 2.24) is 9.80 Å². The van der Waals surface area contributed by atoms with Gasteiger partial charge in [-0.3, -0.25) is 4.79 Å². The first kappa shape index (κ1) is 18.4. The average molecular weight is 343 g/mol. The van der Waals surface area contributed by atoms with E-state index in [0.29, 0.717) is 11.9 Å². The second kappa shape index (κ2) is 8.35. The number of rotatable bonds is 4. The number of likely N-dealkylation sites (tertiary alicyclic amines) is 2. The van der Waals surface area contributed by atoms with E-state index in [1.54, 1.807) is 0 Å². The molecule has 1 atom stereocenters. The summed E-state index contributed by atoms with van der Waals surface area (Å²) in [5.41, 5.74) is 2.55. The van der Waals surface area contributed by atoms with Crippen molar-refractivity contribution in [3.63, 3.8) is 0 Å². The van der Waals surface area contributed by atoms with Crippen LogP contribution < -0.4 is 0 Å². The maximum absolute atomic E-state index is 12.8. The van der Waals surface area contributed by atoms with Crippen molar-refractivity contribution in [3.8, 4) is 0 Å². The zero-order valence-corrected chi connectivity index (χ0v) is 16.2. The van der Waals surface area contributed by atoms with Crippen LogP contribution in [0.15, 0.2) is 24.3 Å². The molecule has 2 heterocycles. The van der Waals surface area contributed by atoms with Crippen LogP contribution >= 0.6 is 0 Å². The molecule has 0 unspecified atom stereocenters. The highest BCUT2D eigenvalue weighted by Gasteiger charge is 2.30. The van der Waals surface area contributed by atoms with E-state index in [0.717, 1.165) is 38.3 Å². The Hall–Kier alpha value is -1.35. The minimum Gasteiger partial charge on any atom is -0.342 e. The van der Waals surface area contributed by atoms with Crippen molar-refractivity contribution >= 4 is 5.91 Å². The number of hydrogen-bond acceptors (Lipinski definition) is 2. The summed E-state index contributed by atoms with van der Waals surface area (Å²) in [6.07, 6.45) is 5.83. The van der Waals surface area contributed by atoms with Gasteiger partial charge in [-0.15, -0.1) is 0 Å². The maximum Gasteiger partial charge on any atom is 0.225 e. The molecule has 2 aliphatic heterocycles. The summed E-state index contributed by atoms with van der Waals surface area (Å²) in [4.78, 5) is 17.6. The molecule has 138 valence electrons. The van der Waals surface area contributed by atoms with E-state index in [1.807, 2.05) is 0 Å². The molecule has 25 heavy (non-hydrogen) atoms. The van der Waals surface area contributed by atoms with Gasteiger partial charge in [0.15, 0.2) is 0 Å². The van der Waals surface area contributed by atoms with Crippen LogP contribution in [0.5, 0.6) is 0 Å². The highest BCUT2D eigenvalue weighted by atomic mass is 16.2. The predicted octanol–water partition coefficient (Wildman–Crippen LogP) is 3.90. The van der Waals surface area contributed by atoms with Gasteiger partial charge in [0.05, 0.1) is 0 Å². The van der Waals surface area contributed by atoms with Crippen LogP contribution in [0.4, 0.5) is 0 Å². The van der Waals surface area contributed by atoms with E-state index < -0.39 is 0 Å². The Balaban J connectivity index is 1.47. The van der Waals surface area contributed by atoms with E-state index in [-0.39, 0.29) is 5.92 Å². The number of benzene rings is 1. The van der Waals surface area contributed by atoms with Crippen molar-refractivity contribution < 1.29 is 4.79 Å². The minimum absolute atomic E-state index is 0.0780. The molecule has 1 amide bonds. The van der Waals surface area contributed by atoms with Crippen molar-refractivity contribution in [2.45, 2.75) is 58.9 Å². The van der Waals surface area contributed by atoms with Crippen molar-refractivity contribution in [2.75, 3.05) is 26.2 Å². The molecule has 3 heteroatoms. The van der Waals surface area contributed by atoms with E-state index in [2.05, 4.69) is 54.8 Å². The van der Waals surface area contributed by atoms with Gasteiger partial charge in [-0.05, 0) is 63.6 Å². The molecule has 2 fully saturated rings. The fourth-order valence-electron chi connectivity index (χ4n) is 4.44. The van der Waals surface area contributed by atoms with E-state index in [9.17, 15) is 4.79 Å². The fourth-order valence-corrected chi connectivity index (χ4v) is 4.44. The van der Waals surface area contributed by atoms with Gasteiger partial charge in [0, 0.05) is 25.0 Å². The summed E-state index contributed by atoms with van der Waals surface area (Å²) < 4.78 is 0. The Labute approximate surface area is 153 Å². The van der Waals surface area contributed by atoms with Gasteiger partial charge in [-0.25, -0.2) is 0 Å². The minimum atomic E-state index is 0.0780. The second-order valence-corrected chi connectivity index (χ2v) is 8.37. The van der Waals surface area contributed by atoms with Crippen LogP contribution in [0.1, 0.15) is 50.7 Å². The predicted molar refractivity (Wildman–Crippen MR) is 104 cm³/mol. The highest BCUT2D eigenvalue weighted by Crippen LogP contribution is 2.24. The molecule has 0 aliphatic carbocycles. The summed E-state index contributed by atoms with van der Waals surface area (Å²) >= 11 is 0. The van der Waals surface area contributed by atoms with Crippen LogP contribution in [0.2, 0.25) is 0 Å². The first-order valence-electron chi connectivity index (χ1n) is 10.1. The molecule has 0 aromatic heterocycles. The van der Waals surface area contributed by atoms with E-state index >= 15 is 0 Å². The molecule has 0 bridgehead atoms. The number of nitrogens with zero attached hydrogens (tertiary/aromatic N) is 2. The summed E-state index contributed by atoms with van der Waals surface area (Å²) in [5.74, 6) is 1.31. The normalized spacial score (nSPS) is 22.1. The molecular formula is C22H34N2O. The summed E-state index contributed by atoms with van der Waals surface area (Å²) in [7, 11) is 0. The molecule has 0 spiro atoms. The Morgan fingerprint density at radius 1 is 1.12 bits per heavy atom. The number of piperidine rings is 2. The summed E-state index contributed by atoms with van der Waals surface area (Å²) in [6.45, 7) is 11.0. The lowest BCUT2D eigenvalue weighted by Gasteiger charge is -2.41. The summed E-state index contributed by atoms with van der Waals surface area (Å²) in [6, 6.07) is 9.24. The van der Waals surface area contributed by atoms with Gasteiger partial charge in [-0.1, -0.05) is 43.7 Å². The third-order valence-corrected chi connectivity index (χ3v) is 6.16. The first-order valence-corrected chi connectivity index (χ1v) is 10.1. The van der Waals surface area contributed by atoms with Gasteiger partial charge in [0.2, 0.25) is 5.91 Å². The zero-order chi connectivity index (χ0) is 17.8. The molecule has 3 rings (SSSR count). The molecule has 2 aliphatic rings. The van der Waals surface area contributed by atoms with Crippen LogP contribution in [-0.4, -0.2) is 47.9 Å². The quantitative estimate of drug-likeness (QED) is 0.828. The molecular weight excluding hydrogens is 308 g/mol. The fraction of sp³-hybridized carbons (Fsp3) is 0.682. The van der Waals surface area contributed by atoms with Crippen molar-refractivity contribution in [2.24, 2.45) is 11.8 Å². The van der Waals surface area contributed by atoms with Crippen LogP contribution in [0.3, 0.4) is 0 Å². The van der Waals surface area contributed by atoms with Crippen LogP contribution in [-0.2, 0) is 11.2 Å². The van der Waals surface area contributed by atoms with Crippen LogP contribution in [0, 0.1) is 18.8 Å². The molecule has 1 aromatic carbocycles. The van der Waals surface area contributed by atoms with Gasteiger partial charge >= 0.3 is 0 Å². The highest BCUT2D eigenvalue weighted by molar-refractivity contribution is 5.78. The standard InChI is InChI=1S/C22H34N2O/c1-17-7-11-23(12-8-17)21-9-13-24(14-10-21)22(25)19(3)16-20-6-4-5-18(2)15-20/h4-6,15,17,19,21H,7-14,16H2,1-3H3/t19-/m1/s1. The number of aryl methyl sites for hydroxylation is 1. The lowest BCUT2D eigenvalue weighted by Crippen LogP contribution is -2.49. The van der Waals surface area contributed by atoms with Gasteiger partial charge in [0.1, 0.15) is 0 Å². The Bertz CT molecular complexity index is 569. The Morgan fingerprint density at radius 3 is 2.44 bits per heavy atom. The number of carbonyl (C=O) groups excluding carboxylic acids is 1. The molecule has 2 saturated heterocycles. The zero-order valence-electron chi connectivity index (χ0n) is 16.2. The smallest absolute Gasteiger partial charge is 0.225 e. The summed E-state index contributed by atoms with van der Waals surface area (Å²) in [5, 5.41) is 0. The molecule has 0 radical (unpaired) electrons. The third kappa shape index (κ3) is 4.84. The van der Waals surface area contributed by atoms with Crippen molar-refractivity contribution in [1.29, 1.82) is 0 Å². The molecule has 0 N–H and O–H groups in total.